The summed E-state index contributed by atoms with van der Waals surface area (Å²) in [7, 11) is 0. The van der Waals surface area contributed by atoms with E-state index < -0.39 is 14.8 Å². The maximum atomic E-state index is 2.72. The Morgan fingerprint density at radius 3 is 1.15 bits per heavy atom. The molecule has 0 aromatic rings. The predicted molar refractivity (Wildman–Crippen MR) is 63.5 cm³/mol. The molecule has 2 nitrogen and oxygen atoms in total. The molecular formula is C10H26GeN2. The van der Waals surface area contributed by atoms with Crippen molar-refractivity contribution in [3.05, 3.63) is 0 Å². The van der Waals surface area contributed by atoms with Crippen LogP contribution in [0.25, 0.3) is 0 Å². The molecule has 0 bridgehead atoms. The van der Waals surface area contributed by atoms with Gasteiger partial charge in [0.05, 0.1) is 0 Å². The van der Waals surface area contributed by atoms with Crippen molar-refractivity contribution in [2.45, 2.75) is 39.9 Å². The molecule has 0 unspecified atom stereocenters. The molecule has 0 fully saturated rings. The van der Waals surface area contributed by atoms with Crippen LogP contribution in [0.1, 0.15) is 34.6 Å². The molecule has 0 amide bonds. The van der Waals surface area contributed by atoms with E-state index in [1.165, 1.54) is 31.4 Å². The second kappa shape index (κ2) is 7.83. The van der Waals surface area contributed by atoms with Gasteiger partial charge in [0.1, 0.15) is 0 Å². The Labute approximate surface area is 88.8 Å². The molecule has 0 rings (SSSR count). The zero-order valence-corrected chi connectivity index (χ0v) is 12.4. The van der Waals surface area contributed by atoms with E-state index in [2.05, 4.69) is 42.3 Å². The second-order valence-corrected chi connectivity index (χ2v) is 10.1. The molecule has 0 radical (unpaired) electrons. The molecule has 13 heavy (non-hydrogen) atoms. The van der Waals surface area contributed by atoms with Crippen molar-refractivity contribution in [2.24, 2.45) is 0 Å². The summed E-state index contributed by atoms with van der Waals surface area (Å²) < 4.78 is 5.44. The van der Waals surface area contributed by atoms with Crippen LogP contribution in [0.15, 0.2) is 0 Å². The number of hydrogen-bond acceptors (Lipinski definition) is 2. The summed E-state index contributed by atoms with van der Waals surface area (Å²) in [4.78, 5) is 0. The van der Waals surface area contributed by atoms with Gasteiger partial charge in [-0.15, -0.1) is 0 Å². The van der Waals surface area contributed by atoms with E-state index in [1.54, 1.807) is 0 Å². The Bertz CT molecular complexity index is 99.5. The molecule has 0 saturated carbocycles. The van der Waals surface area contributed by atoms with Crippen LogP contribution in [0.3, 0.4) is 0 Å². The summed E-state index contributed by atoms with van der Waals surface area (Å²) in [5.74, 6) is 0. The molecule has 80 valence electrons. The van der Waals surface area contributed by atoms with E-state index in [1.807, 2.05) is 0 Å². The van der Waals surface area contributed by atoms with Crippen molar-refractivity contribution >= 4 is 14.8 Å². The van der Waals surface area contributed by atoms with Gasteiger partial charge in [-0.05, 0) is 0 Å². The summed E-state index contributed by atoms with van der Waals surface area (Å²) >= 11 is -1.27. The maximum absolute atomic E-state index is 2.72. The first kappa shape index (κ1) is 13.5. The van der Waals surface area contributed by atoms with Crippen LogP contribution >= 0.6 is 0 Å². The Morgan fingerprint density at radius 2 is 1.00 bits per heavy atom. The number of rotatable bonds is 7. The summed E-state index contributed by atoms with van der Waals surface area (Å²) in [6.45, 7) is 16.5. The van der Waals surface area contributed by atoms with Gasteiger partial charge in [0, 0.05) is 0 Å². The molecule has 0 aromatic carbocycles. The summed E-state index contributed by atoms with van der Waals surface area (Å²) in [6, 6.07) is 0. The molecule has 0 aliphatic heterocycles. The van der Waals surface area contributed by atoms with Gasteiger partial charge in [-0.3, -0.25) is 0 Å². The minimum absolute atomic E-state index is 1.24. The molecule has 0 heterocycles. The van der Waals surface area contributed by atoms with Crippen LogP contribution < -0.4 is 0 Å². The molecule has 0 aromatic heterocycles. The molecule has 0 atom stereocenters. The molecule has 0 aliphatic rings. The van der Waals surface area contributed by atoms with Gasteiger partial charge in [0.15, 0.2) is 0 Å². The third kappa shape index (κ3) is 4.00. The van der Waals surface area contributed by atoms with Gasteiger partial charge in [0.2, 0.25) is 0 Å². The van der Waals surface area contributed by atoms with Crippen molar-refractivity contribution in [1.29, 1.82) is 0 Å². The summed E-state index contributed by atoms with van der Waals surface area (Å²) in [5.41, 5.74) is 0. The van der Waals surface area contributed by atoms with E-state index in [0.29, 0.717) is 0 Å². The molecule has 3 heteroatoms. The molecule has 0 aliphatic carbocycles. The van der Waals surface area contributed by atoms with E-state index in [-0.39, 0.29) is 0 Å². The molecule has 0 spiro atoms. The average molecular weight is 247 g/mol. The average Bonchev–Trinajstić information content (AvgIpc) is 2.18. The van der Waals surface area contributed by atoms with E-state index in [9.17, 15) is 0 Å². The first-order chi connectivity index (χ1) is 6.24. The van der Waals surface area contributed by atoms with Gasteiger partial charge in [-0.25, -0.2) is 0 Å². The SMILES string of the molecule is CC[N](CC)[GeH]([CH2]C)[N](CC)CC. The van der Waals surface area contributed by atoms with E-state index in [0.717, 1.165) is 0 Å². The molecular weight excluding hydrogens is 221 g/mol. The topological polar surface area (TPSA) is 6.48 Å². The van der Waals surface area contributed by atoms with Gasteiger partial charge < -0.3 is 0 Å². The van der Waals surface area contributed by atoms with Crippen LogP contribution in [0, 0.1) is 0 Å². The van der Waals surface area contributed by atoms with Crippen LogP contribution in [0.4, 0.5) is 0 Å². The zero-order valence-electron chi connectivity index (χ0n) is 10.0. The van der Waals surface area contributed by atoms with Gasteiger partial charge in [-0.1, -0.05) is 0 Å². The third-order valence-corrected chi connectivity index (χ3v) is 11.0. The quantitative estimate of drug-likeness (QED) is 0.634. The third-order valence-electron chi connectivity index (χ3n) is 2.83. The summed E-state index contributed by atoms with van der Waals surface area (Å²) in [5, 5.41) is 1.41. The van der Waals surface area contributed by atoms with Crippen LogP contribution in [-0.2, 0) is 0 Å². The van der Waals surface area contributed by atoms with Gasteiger partial charge in [-0.2, -0.15) is 0 Å². The monoisotopic (exact) mass is 248 g/mol. The van der Waals surface area contributed by atoms with Crippen LogP contribution in [0.5, 0.6) is 0 Å². The Balaban J connectivity index is 4.26. The fourth-order valence-electron chi connectivity index (χ4n) is 2.04. The van der Waals surface area contributed by atoms with Crippen LogP contribution in [0.2, 0.25) is 5.25 Å². The Hall–Kier alpha value is 0.463. The van der Waals surface area contributed by atoms with Gasteiger partial charge in [0.25, 0.3) is 0 Å². The number of hydrogen-bond donors (Lipinski definition) is 0. The molecule has 0 saturated heterocycles. The minimum atomic E-state index is -1.27. The predicted octanol–water partition coefficient (Wildman–Crippen LogP) is 1.91. The van der Waals surface area contributed by atoms with Crippen LogP contribution in [-0.4, -0.2) is 48.7 Å². The second-order valence-electron chi connectivity index (χ2n) is 3.33. The first-order valence-corrected chi connectivity index (χ1v) is 9.61. The normalized spacial score (nSPS) is 12.0. The van der Waals surface area contributed by atoms with Crippen molar-refractivity contribution in [1.82, 2.24) is 7.71 Å². The Kier molecular flexibility index (Phi) is 8.11. The van der Waals surface area contributed by atoms with E-state index >= 15 is 0 Å². The summed E-state index contributed by atoms with van der Waals surface area (Å²) in [6.07, 6.45) is 0. The standard InChI is InChI=1S/C10H26GeN2/c1-6-11(12(7-2)8-3)13(9-4)10-5/h11H,6-10H2,1-5H3. The van der Waals surface area contributed by atoms with E-state index in [4.69, 9.17) is 0 Å². The van der Waals surface area contributed by atoms with Gasteiger partial charge >= 0.3 is 88.6 Å². The first-order valence-electron chi connectivity index (χ1n) is 5.73. The Morgan fingerprint density at radius 1 is 0.692 bits per heavy atom. The fraction of sp³-hybridized carbons (Fsp3) is 1.00. The molecule has 0 N–H and O–H groups in total. The van der Waals surface area contributed by atoms with Crippen molar-refractivity contribution < 1.29 is 0 Å². The number of nitrogens with zero attached hydrogens (tertiary/aromatic N) is 2. The van der Waals surface area contributed by atoms with Crippen molar-refractivity contribution in [2.75, 3.05) is 26.2 Å². The fourth-order valence-corrected chi connectivity index (χ4v) is 8.71. The van der Waals surface area contributed by atoms with Crippen molar-refractivity contribution in [3.63, 3.8) is 0 Å². The zero-order chi connectivity index (χ0) is 10.3. The van der Waals surface area contributed by atoms with Crippen molar-refractivity contribution in [3.8, 4) is 0 Å².